The molecule has 0 bridgehead atoms. The van der Waals surface area contributed by atoms with E-state index in [0.717, 1.165) is 11.1 Å². The van der Waals surface area contributed by atoms with Gasteiger partial charge in [0.15, 0.2) is 0 Å². The van der Waals surface area contributed by atoms with E-state index >= 15 is 0 Å². The summed E-state index contributed by atoms with van der Waals surface area (Å²) in [5.41, 5.74) is 2.45. The Morgan fingerprint density at radius 3 is 2.58 bits per heavy atom. The van der Waals surface area contributed by atoms with Crippen molar-refractivity contribution in [2.24, 2.45) is 0 Å². The Balaban J connectivity index is 2.17. The van der Waals surface area contributed by atoms with Crippen molar-refractivity contribution in [2.75, 3.05) is 7.11 Å². The van der Waals surface area contributed by atoms with Gasteiger partial charge in [0.25, 0.3) is 5.56 Å². The van der Waals surface area contributed by atoms with Gasteiger partial charge >= 0.3 is 0 Å². The molecule has 3 nitrogen and oxygen atoms in total. The van der Waals surface area contributed by atoms with Crippen molar-refractivity contribution in [2.45, 2.75) is 6.42 Å². The molecule has 0 aliphatic carbocycles. The molecule has 0 aliphatic heterocycles. The van der Waals surface area contributed by atoms with Crippen LogP contribution in [0.2, 0.25) is 10.0 Å². The summed E-state index contributed by atoms with van der Waals surface area (Å²) in [6, 6.07) is 9.42. The van der Waals surface area contributed by atoms with Crippen molar-refractivity contribution in [3.8, 4) is 16.9 Å². The Hall–Kier alpha value is -1.82. The van der Waals surface area contributed by atoms with Crippen molar-refractivity contribution in [1.29, 1.82) is 0 Å². The topological polar surface area (TPSA) is 42.1 Å². The molecule has 1 N–H and O–H groups in total. The maximum Gasteiger partial charge on any atom is 0.262 e. The maximum atomic E-state index is 13.4. The van der Waals surface area contributed by atoms with Gasteiger partial charge in [-0.1, -0.05) is 23.2 Å². The number of hydrogen-bond acceptors (Lipinski definition) is 2. The summed E-state index contributed by atoms with van der Waals surface area (Å²) in [4.78, 5) is 14.8. The van der Waals surface area contributed by atoms with Crippen LogP contribution in [-0.2, 0) is 6.42 Å². The first-order chi connectivity index (χ1) is 12.4. The smallest absolute Gasteiger partial charge is 0.262 e. The van der Waals surface area contributed by atoms with E-state index in [2.05, 4.69) is 20.9 Å². The second-order valence-corrected chi connectivity index (χ2v) is 7.20. The number of halogens is 4. The van der Waals surface area contributed by atoms with E-state index in [9.17, 15) is 9.18 Å². The Kier molecular flexibility index (Phi) is 5.70. The number of benzene rings is 2. The summed E-state index contributed by atoms with van der Waals surface area (Å²) in [5, 5.41) is 0.790. The molecule has 7 heteroatoms. The minimum Gasteiger partial charge on any atom is -0.497 e. The molecule has 26 heavy (non-hydrogen) atoms. The van der Waals surface area contributed by atoms with Gasteiger partial charge in [-0.2, -0.15) is 0 Å². The van der Waals surface area contributed by atoms with Crippen molar-refractivity contribution < 1.29 is 9.13 Å². The third kappa shape index (κ3) is 3.80. The maximum absolute atomic E-state index is 13.4. The average Bonchev–Trinajstić information content (AvgIpc) is 2.61. The van der Waals surface area contributed by atoms with E-state index in [0.29, 0.717) is 32.8 Å². The number of methoxy groups -OCH3 is 1. The largest absolute Gasteiger partial charge is 0.497 e. The summed E-state index contributed by atoms with van der Waals surface area (Å²) < 4.78 is 19.0. The SMILES string of the molecule is COc1ccc(Cl)c(Cc2c[nH]c(=O)c(Br)c2-c2ccc(F)cc2Cl)c1. The summed E-state index contributed by atoms with van der Waals surface area (Å²) in [7, 11) is 1.58. The lowest BCUT2D eigenvalue weighted by atomic mass is 9.96. The third-order valence-corrected chi connectivity index (χ3v) is 5.39. The third-order valence-electron chi connectivity index (χ3n) is 3.95. The van der Waals surface area contributed by atoms with Crippen LogP contribution < -0.4 is 10.3 Å². The van der Waals surface area contributed by atoms with Gasteiger partial charge in [-0.3, -0.25) is 4.79 Å². The molecule has 0 fully saturated rings. The van der Waals surface area contributed by atoms with Crippen LogP contribution in [0.25, 0.3) is 11.1 Å². The number of nitrogens with one attached hydrogen (secondary N) is 1. The predicted molar refractivity (Wildman–Crippen MR) is 106 cm³/mol. The zero-order valence-corrected chi connectivity index (χ0v) is 16.7. The van der Waals surface area contributed by atoms with Crippen LogP contribution >= 0.6 is 39.1 Å². The van der Waals surface area contributed by atoms with E-state index in [1.807, 2.05) is 6.07 Å². The Morgan fingerprint density at radius 1 is 1.12 bits per heavy atom. The first-order valence-electron chi connectivity index (χ1n) is 7.58. The minimum absolute atomic E-state index is 0.217. The lowest BCUT2D eigenvalue weighted by Crippen LogP contribution is -2.10. The molecule has 2 aromatic carbocycles. The van der Waals surface area contributed by atoms with Crippen molar-refractivity contribution in [1.82, 2.24) is 4.98 Å². The van der Waals surface area contributed by atoms with E-state index in [1.54, 1.807) is 31.5 Å². The first kappa shape index (κ1) is 19.0. The molecule has 0 radical (unpaired) electrons. The van der Waals surface area contributed by atoms with Gasteiger partial charge in [0.2, 0.25) is 0 Å². The van der Waals surface area contributed by atoms with Crippen LogP contribution in [0.4, 0.5) is 4.39 Å². The summed E-state index contributed by atoms with van der Waals surface area (Å²) in [6.45, 7) is 0. The highest BCUT2D eigenvalue weighted by atomic mass is 79.9. The highest BCUT2D eigenvalue weighted by Gasteiger charge is 2.17. The van der Waals surface area contributed by atoms with Gasteiger partial charge in [-0.05, 0) is 63.5 Å². The zero-order chi connectivity index (χ0) is 18.8. The lowest BCUT2D eigenvalue weighted by molar-refractivity contribution is 0.414. The molecule has 134 valence electrons. The van der Waals surface area contributed by atoms with Gasteiger partial charge in [0.05, 0.1) is 16.6 Å². The van der Waals surface area contributed by atoms with Crippen LogP contribution in [0.3, 0.4) is 0 Å². The van der Waals surface area contributed by atoms with Crippen LogP contribution in [-0.4, -0.2) is 12.1 Å². The van der Waals surface area contributed by atoms with Gasteiger partial charge < -0.3 is 9.72 Å². The first-order valence-corrected chi connectivity index (χ1v) is 9.13. The predicted octanol–water partition coefficient (Wildman–Crippen LogP) is 5.85. The van der Waals surface area contributed by atoms with Crippen LogP contribution in [0.5, 0.6) is 5.75 Å². The monoisotopic (exact) mass is 455 g/mol. The van der Waals surface area contributed by atoms with Crippen LogP contribution in [0.1, 0.15) is 11.1 Å². The normalized spacial score (nSPS) is 10.8. The molecule has 0 aliphatic rings. The second-order valence-electron chi connectivity index (χ2n) is 5.59. The number of aromatic nitrogens is 1. The lowest BCUT2D eigenvalue weighted by Gasteiger charge is -2.14. The molecule has 3 rings (SSSR count). The average molecular weight is 457 g/mol. The van der Waals surface area contributed by atoms with Crippen molar-refractivity contribution in [3.05, 3.63) is 84.4 Å². The van der Waals surface area contributed by atoms with Gasteiger partial charge in [-0.15, -0.1) is 0 Å². The molecule has 3 aromatic rings. The molecule has 0 saturated heterocycles. The number of H-pyrrole nitrogens is 1. The Morgan fingerprint density at radius 2 is 1.88 bits per heavy atom. The summed E-state index contributed by atoms with van der Waals surface area (Å²) >= 11 is 15.9. The molecular formula is C19H13BrCl2FNO2. The van der Waals surface area contributed by atoms with E-state index in [4.69, 9.17) is 27.9 Å². The molecule has 1 aromatic heterocycles. The van der Waals surface area contributed by atoms with E-state index in [-0.39, 0.29) is 10.6 Å². The Bertz CT molecular complexity index is 1040. The van der Waals surface area contributed by atoms with Crippen molar-refractivity contribution in [3.63, 3.8) is 0 Å². The van der Waals surface area contributed by atoms with E-state index in [1.165, 1.54) is 12.1 Å². The molecule has 1 heterocycles. The highest BCUT2D eigenvalue weighted by molar-refractivity contribution is 9.10. The molecule has 0 atom stereocenters. The van der Waals surface area contributed by atoms with Crippen LogP contribution in [0, 0.1) is 5.82 Å². The summed E-state index contributed by atoms with van der Waals surface area (Å²) in [6.07, 6.45) is 2.03. The zero-order valence-electron chi connectivity index (χ0n) is 13.6. The molecule has 0 unspecified atom stereocenters. The number of aromatic amines is 1. The number of rotatable bonds is 4. The van der Waals surface area contributed by atoms with E-state index < -0.39 is 5.82 Å². The Labute approximate surface area is 167 Å². The van der Waals surface area contributed by atoms with Gasteiger partial charge in [0, 0.05) is 28.8 Å². The second kappa shape index (κ2) is 7.82. The number of ether oxygens (including phenoxy) is 1. The molecular weight excluding hydrogens is 444 g/mol. The van der Waals surface area contributed by atoms with Crippen molar-refractivity contribution >= 4 is 39.1 Å². The molecule has 0 spiro atoms. The highest BCUT2D eigenvalue weighted by Crippen LogP contribution is 2.36. The van der Waals surface area contributed by atoms with Gasteiger partial charge in [0.1, 0.15) is 11.6 Å². The standard InChI is InChI=1S/C19H13BrCl2FNO2/c1-26-13-3-5-15(21)10(7-13)6-11-9-24-19(25)18(20)17(11)14-4-2-12(23)8-16(14)22/h2-5,7-9H,6H2,1H3,(H,24,25). The fourth-order valence-electron chi connectivity index (χ4n) is 2.68. The fourth-order valence-corrected chi connectivity index (χ4v) is 3.71. The molecule has 0 saturated carbocycles. The fraction of sp³-hybridized carbons (Fsp3) is 0.105. The summed E-state index contributed by atoms with van der Waals surface area (Å²) in [5.74, 6) is 0.228. The number of pyridine rings is 1. The number of hydrogen-bond donors (Lipinski definition) is 1. The van der Waals surface area contributed by atoms with Crippen LogP contribution in [0.15, 0.2) is 51.9 Å². The minimum atomic E-state index is -0.447. The quantitative estimate of drug-likeness (QED) is 0.535. The molecule has 0 amide bonds. The van der Waals surface area contributed by atoms with Gasteiger partial charge in [-0.25, -0.2) is 4.39 Å².